The molecular formula is C35H39F6NO5. The van der Waals surface area contributed by atoms with Crippen LogP contribution in [-0.4, -0.2) is 47.4 Å². The third-order valence-corrected chi connectivity index (χ3v) is 10.7. The van der Waals surface area contributed by atoms with Gasteiger partial charge in [0.05, 0.1) is 11.1 Å². The van der Waals surface area contributed by atoms with Gasteiger partial charge in [-0.05, 0) is 90.3 Å². The number of halogens is 6. The van der Waals surface area contributed by atoms with Crippen LogP contribution >= 0.6 is 0 Å². The second-order valence-electron chi connectivity index (χ2n) is 13.5. The summed E-state index contributed by atoms with van der Waals surface area (Å²) in [6, 6.07) is 9.17. The zero-order valence-electron chi connectivity index (χ0n) is 27.2. The molecular weight excluding hydrogens is 628 g/mol. The molecule has 5 atom stereocenters. The molecule has 0 bridgehead atoms. The molecule has 3 aromatic rings. The standard InChI is InChI=1S/C35H39F6NO5/c1-7-8-9-10-20-11-14-23(25(17-20)34(36,37)38)24-18-21-12-13-22(19-26(21)46-29(24)43)45-27-15-16-28(32(27,4)35(39,40)41)47-30(44)33(5)31(2,3)42(33)6/h11-14,17-19,27-28H,7-10,15-16H2,1-6H3. The Morgan fingerprint density at radius 2 is 1.60 bits per heavy atom. The van der Waals surface area contributed by atoms with Crippen LogP contribution in [0.3, 0.4) is 0 Å². The van der Waals surface area contributed by atoms with E-state index in [1.54, 1.807) is 38.8 Å². The first-order chi connectivity index (χ1) is 21.8. The Labute approximate surface area is 269 Å². The fraction of sp³-hybridized carbons (Fsp3) is 0.543. The number of rotatable bonds is 9. The normalized spacial score (nSPS) is 27.2. The van der Waals surface area contributed by atoms with E-state index in [2.05, 4.69) is 0 Å². The van der Waals surface area contributed by atoms with Gasteiger partial charge in [-0.1, -0.05) is 31.9 Å². The highest BCUT2D eigenvalue weighted by Crippen LogP contribution is 2.55. The zero-order valence-corrected chi connectivity index (χ0v) is 27.2. The smallest absolute Gasteiger partial charge is 0.417 e. The van der Waals surface area contributed by atoms with Gasteiger partial charge >= 0.3 is 23.9 Å². The lowest BCUT2D eigenvalue weighted by atomic mass is 9.83. The summed E-state index contributed by atoms with van der Waals surface area (Å²) in [6.07, 6.45) is -9.61. The minimum Gasteiger partial charge on any atom is -0.489 e. The molecule has 2 aromatic carbocycles. The third kappa shape index (κ3) is 5.91. The molecule has 0 spiro atoms. The van der Waals surface area contributed by atoms with E-state index in [9.17, 15) is 35.9 Å². The largest absolute Gasteiger partial charge is 0.489 e. The highest BCUT2D eigenvalue weighted by atomic mass is 19.4. The van der Waals surface area contributed by atoms with Crippen molar-refractivity contribution in [1.29, 1.82) is 0 Å². The highest BCUT2D eigenvalue weighted by molar-refractivity contribution is 5.87. The molecule has 6 nitrogen and oxygen atoms in total. The van der Waals surface area contributed by atoms with Crippen LogP contribution in [0.2, 0.25) is 0 Å². The summed E-state index contributed by atoms with van der Waals surface area (Å²) in [5.41, 5.74) is -6.35. The molecule has 2 fully saturated rings. The maximum Gasteiger partial charge on any atom is 0.417 e. The molecule has 1 saturated carbocycles. The van der Waals surface area contributed by atoms with Gasteiger partial charge in [0, 0.05) is 22.6 Å². The van der Waals surface area contributed by atoms with E-state index in [1.807, 2.05) is 6.92 Å². The number of unbranched alkanes of at least 4 members (excludes halogenated alkanes) is 2. The molecule has 47 heavy (non-hydrogen) atoms. The SMILES string of the molecule is CCCCCc1ccc(-c2cc3ccc(OC4CCC(OC(=O)C5(C)N(C)C5(C)C)C4(C)C(F)(F)F)cc3oc2=O)c(C(F)(F)F)c1. The van der Waals surface area contributed by atoms with E-state index in [1.165, 1.54) is 30.3 Å². The summed E-state index contributed by atoms with van der Waals surface area (Å²) < 4.78 is 103. The number of hydrogen-bond acceptors (Lipinski definition) is 6. The molecule has 256 valence electrons. The molecule has 0 N–H and O–H groups in total. The van der Waals surface area contributed by atoms with Crippen molar-refractivity contribution in [2.24, 2.45) is 5.41 Å². The zero-order chi connectivity index (χ0) is 34.7. The number of nitrogens with zero attached hydrogens (tertiary/aromatic N) is 1. The van der Waals surface area contributed by atoms with Crippen LogP contribution in [0.25, 0.3) is 22.1 Å². The number of carbonyl (C=O) groups excluding carboxylic acids is 1. The van der Waals surface area contributed by atoms with Crippen LogP contribution in [0.4, 0.5) is 26.3 Å². The molecule has 12 heteroatoms. The Morgan fingerprint density at radius 1 is 0.936 bits per heavy atom. The van der Waals surface area contributed by atoms with E-state index < -0.39 is 58.2 Å². The molecule has 5 rings (SSSR count). The Bertz CT molecular complexity index is 1730. The van der Waals surface area contributed by atoms with Crippen molar-refractivity contribution in [2.45, 2.75) is 109 Å². The number of fused-ring (bicyclic) bond motifs is 1. The Morgan fingerprint density at radius 3 is 2.19 bits per heavy atom. The van der Waals surface area contributed by atoms with E-state index >= 15 is 0 Å². The minimum atomic E-state index is -4.80. The summed E-state index contributed by atoms with van der Waals surface area (Å²) in [4.78, 5) is 27.8. The predicted molar refractivity (Wildman–Crippen MR) is 164 cm³/mol. The monoisotopic (exact) mass is 667 g/mol. The lowest BCUT2D eigenvalue weighted by Crippen LogP contribution is -2.52. The summed E-state index contributed by atoms with van der Waals surface area (Å²) in [5, 5.41) is 0.258. The van der Waals surface area contributed by atoms with Crippen LogP contribution < -0.4 is 10.4 Å². The number of carbonyl (C=O) groups is 1. The van der Waals surface area contributed by atoms with Crippen LogP contribution in [0.1, 0.15) is 77.8 Å². The molecule has 0 radical (unpaired) electrons. The molecule has 1 aliphatic carbocycles. The van der Waals surface area contributed by atoms with Gasteiger partial charge in [0.25, 0.3) is 0 Å². The molecule has 2 heterocycles. The van der Waals surface area contributed by atoms with Crippen molar-refractivity contribution in [3.8, 4) is 16.9 Å². The first-order valence-corrected chi connectivity index (χ1v) is 15.7. The predicted octanol–water partition coefficient (Wildman–Crippen LogP) is 8.72. The fourth-order valence-corrected chi connectivity index (χ4v) is 6.75. The van der Waals surface area contributed by atoms with Gasteiger partial charge < -0.3 is 13.9 Å². The van der Waals surface area contributed by atoms with Crippen LogP contribution in [0, 0.1) is 5.41 Å². The summed E-state index contributed by atoms with van der Waals surface area (Å²) in [6.45, 7) is 8.20. The number of ether oxygens (including phenoxy) is 2. The van der Waals surface area contributed by atoms with Gasteiger partial charge in [-0.3, -0.25) is 4.90 Å². The highest BCUT2D eigenvalue weighted by Gasteiger charge is 2.72. The van der Waals surface area contributed by atoms with Crippen molar-refractivity contribution in [1.82, 2.24) is 4.90 Å². The summed E-state index contributed by atoms with van der Waals surface area (Å²) in [7, 11) is 1.70. The van der Waals surface area contributed by atoms with E-state index in [-0.39, 0.29) is 40.7 Å². The Kier molecular flexibility index (Phi) is 8.77. The molecule has 1 aliphatic heterocycles. The number of hydrogen-bond donors (Lipinski definition) is 0. The molecule has 1 saturated heterocycles. The minimum absolute atomic E-state index is 0.0386. The van der Waals surface area contributed by atoms with Gasteiger partial charge in [-0.25, -0.2) is 9.59 Å². The third-order valence-electron chi connectivity index (χ3n) is 10.7. The van der Waals surface area contributed by atoms with Crippen LogP contribution in [0.15, 0.2) is 51.7 Å². The number of alkyl halides is 6. The molecule has 5 unspecified atom stereocenters. The molecule has 0 amide bonds. The number of aryl methyl sites for hydroxylation is 1. The van der Waals surface area contributed by atoms with Crippen LogP contribution in [-0.2, 0) is 22.1 Å². The van der Waals surface area contributed by atoms with Crippen molar-refractivity contribution < 1.29 is 45.0 Å². The Balaban J connectivity index is 1.42. The van der Waals surface area contributed by atoms with Gasteiger partial charge in [0.1, 0.15) is 34.5 Å². The van der Waals surface area contributed by atoms with Crippen molar-refractivity contribution >= 4 is 16.9 Å². The van der Waals surface area contributed by atoms with Gasteiger partial charge in [0.2, 0.25) is 0 Å². The number of benzene rings is 2. The average Bonchev–Trinajstić information content (AvgIpc) is 3.20. The van der Waals surface area contributed by atoms with E-state index in [0.717, 1.165) is 32.3 Å². The van der Waals surface area contributed by atoms with Gasteiger partial charge in [0.15, 0.2) is 0 Å². The lowest BCUT2D eigenvalue weighted by Gasteiger charge is -2.38. The second-order valence-corrected chi connectivity index (χ2v) is 13.5. The summed E-state index contributed by atoms with van der Waals surface area (Å²) >= 11 is 0. The van der Waals surface area contributed by atoms with E-state index in [0.29, 0.717) is 12.0 Å². The lowest BCUT2D eigenvalue weighted by molar-refractivity contribution is -0.264. The summed E-state index contributed by atoms with van der Waals surface area (Å²) in [5.74, 6) is -0.780. The van der Waals surface area contributed by atoms with Crippen molar-refractivity contribution in [3.05, 3.63) is 64.0 Å². The van der Waals surface area contributed by atoms with Crippen molar-refractivity contribution in [3.63, 3.8) is 0 Å². The molecule has 1 aromatic heterocycles. The number of esters is 1. The number of likely N-dealkylation sites (N-methyl/N-ethyl adjacent to an activating group) is 1. The topological polar surface area (TPSA) is 68.8 Å². The maximum absolute atomic E-state index is 14.6. The fourth-order valence-electron chi connectivity index (χ4n) is 6.75. The first-order valence-electron chi connectivity index (χ1n) is 15.7. The van der Waals surface area contributed by atoms with Crippen LogP contribution in [0.5, 0.6) is 5.75 Å². The quantitative estimate of drug-likeness (QED) is 0.0748. The van der Waals surface area contributed by atoms with Gasteiger partial charge in [-0.2, -0.15) is 26.3 Å². The second kappa shape index (κ2) is 11.9. The van der Waals surface area contributed by atoms with Crippen molar-refractivity contribution in [2.75, 3.05) is 7.05 Å². The van der Waals surface area contributed by atoms with Gasteiger partial charge in [-0.15, -0.1) is 0 Å². The average molecular weight is 668 g/mol. The van der Waals surface area contributed by atoms with E-state index in [4.69, 9.17) is 13.9 Å². The maximum atomic E-state index is 14.6. The Hall–Kier alpha value is -3.54. The first kappa shape index (κ1) is 34.8. The molecule has 2 aliphatic rings.